The van der Waals surface area contributed by atoms with E-state index >= 15 is 0 Å². The molecule has 20 heavy (non-hydrogen) atoms. The van der Waals surface area contributed by atoms with Gasteiger partial charge >= 0.3 is 6.16 Å². The van der Waals surface area contributed by atoms with Gasteiger partial charge in [-0.1, -0.05) is 62.2 Å². The summed E-state index contributed by atoms with van der Waals surface area (Å²) in [4.78, 5) is 11.3. The van der Waals surface area contributed by atoms with E-state index in [4.69, 9.17) is 9.47 Å². The van der Waals surface area contributed by atoms with Crippen molar-refractivity contribution in [1.82, 2.24) is 0 Å². The number of rotatable bonds is 9. The Bertz CT molecular complexity index is 384. The van der Waals surface area contributed by atoms with Crippen LogP contribution in [0.2, 0.25) is 0 Å². The molecule has 0 heterocycles. The summed E-state index contributed by atoms with van der Waals surface area (Å²) in [6, 6.07) is 9.57. The van der Waals surface area contributed by atoms with E-state index in [0.717, 1.165) is 24.8 Å². The van der Waals surface area contributed by atoms with Crippen molar-refractivity contribution in [1.29, 1.82) is 0 Å². The number of unbranched alkanes of at least 4 members (excludes halogenated alkanes) is 3. The van der Waals surface area contributed by atoms with Gasteiger partial charge in [0.05, 0.1) is 6.61 Å². The summed E-state index contributed by atoms with van der Waals surface area (Å²) in [5, 5.41) is 0. The molecule has 3 nitrogen and oxygen atoms in total. The lowest BCUT2D eigenvalue weighted by atomic mass is 10.2. The average Bonchev–Trinajstić information content (AvgIpc) is 2.49. The van der Waals surface area contributed by atoms with Gasteiger partial charge < -0.3 is 9.47 Å². The van der Waals surface area contributed by atoms with Crippen LogP contribution in [0.15, 0.2) is 42.5 Å². The molecule has 0 N–H and O–H groups in total. The maximum absolute atomic E-state index is 11.3. The Balaban J connectivity index is 1.99. The molecule has 0 unspecified atom stereocenters. The molecule has 0 spiro atoms. The smallest absolute Gasteiger partial charge is 0.434 e. The Labute approximate surface area is 121 Å². The standard InChI is InChI=1S/C17H24O3/c1-2-3-4-5-6-7-11-14-19-17(18)20-15-16-12-9-8-10-13-16/h5-6,8-10,12-13H,2-4,7,11,14-15H2,1H3/b6-5-. The molecule has 3 heteroatoms. The minimum absolute atomic E-state index is 0.261. The van der Waals surface area contributed by atoms with Gasteiger partial charge in [-0.2, -0.15) is 0 Å². The highest BCUT2D eigenvalue weighted by Crippen LogP contribution is 2.02. The zero-order valence-corrected chi connectivity index (χ0v) is 12.2. The monoisotopic (exact) mass is 276 g/mol. The topological polar surface area (TPSA) is 35.5 Å². The number of carbonyl (C=O) groups excluding carboxylic acids is 1. The predicted molar refractivity (Wildman–Crippen MR) is 80.5 cm³/mol. The predicted octanol–water partition coefficient (Wildman–Crippen LogP) is 4.87. The van der Waals surface area contributed by atoms with Crippen molar-refractivity contribution in [2.75, 3.05) is 6.61 Å². The molecule has 1 aromatic rings. The maximum Gasteiger partial charge on any atom is 0.508 e. The van der Waals surface area contributed by atoms with Gasteiger partial charge in [-0.15, -0.1) is 0 Å². The first-order valence-electron chi connectivity index (χ1n) is 7.31. The van der Waals surface area contributed by atoms with Gasteiger partial charge in [0, 0.05) is 0 Å². The van der Waals surface area contributed by atoms with Gasteiger partial charge in [0.1, 0.15) is 6.61 Å². The largest absolute Gasteiger partial charge is 0.508 e. The van der Waals surface area contributed by atoms with Crippen LogP contribution < -0.4 is 0 Å². The second kappa shape index (κ2) is 11.1. The van der Waals surface area contributed by atoms with Crippen molar-refractivity contribution in [3.05, 3.63) is 48.0 Å². The first-order valence-corrected chi connectivity index (χ1v) is 7.31. The zero-order valence-electron chi connectivity index (χ0n) is 12.2. The van der Waals surface area contributed by atoms with E-state index in [9.17, 15) is 4.79 Å². The molecule has 0 radical (unpaired) electrons. The van der Waals surface area contributed by atoms with Crippen molar-refractivity contribution in [3.8, 4) is 0 Å². The summed E-state index contributed by atoms with van der Waals surface area (Å²) < 4.78 is 10.0. The Hall–Kier alpha value is -1.77. The Morgan fingerprint density at radius 3 is 2.45 bits per heavy atom. The van der Waals surface area contributed by atoms with Gasteiger partial charge in [0.25, 0.3) is 0 Å². The zero-order chi connectivity index (χ0) is 14.5. The quantitative estimate of drug-likeness (QED) is 0.367. The van der Waals surface area contributed by atoms with E-state index in [2.05, 4.69) is 19.1 Å². The molecule has 0 aliphatic heterocycles. The van der Waals surface area contributed by atoms with E-state index in [1.165, 1.54) is 12.8 Å². The first kappa shape index (κ1) is 16.3. The van der Waals surface area contributed by atoms with Crippen LogP contribution >= 0.6 is 0 Å². The number of benzene rings is 1. The van der Waals surface area contributed by atoms with E-state index in [-0.39, 0.29) is 6.61 Å². The lowest BCUT2D eigenvalue weighted by Gasteiger charge is -2.05. The van der Waals surface area contributed by atoms with E-state index in [1.54, 1.807) is 0 Å². The minimum Gasteiger partial charge on any atom is -0.434 e. The summed E-state index contributed by atoms with van der Waals surface area (Å²) in [6.45, 7) is 2.85. The van der Waals surface area contributed by atoms with Gasteiger partial charge in [-0.25, -0.2) is 4.79 Å². The fourth-order valence-electron chi connectivity index (χ4n) is 1.67. The number of ether oxygens (including phenoxy) is 2. The number of allylic oxidation sites excluding steroid dienone is 2. The highest BCUT2D eigenvalue weighted by atomic mass is 16.7. The fraction of sp³-hybridized carbons (Fsp3) is 0.471. The first-order chi connectivity index (χ1) is 9.83. The van der Waals surface area contributed by atoms with E-state index < -0.39 is 6.16 Å². The third kappa shape index (κ3) is 8.35. The Morgan fingerprint density at radius 2 is 1.75 bits per heavy atom. The minimum atomic E-state index is -0.594. The molecular formula is C17H24O3. The Morgan fingerprint density at radius 1 is 1.05 bits per heavy atom. The summed E-state index contributed by atoms with van der Waals surface area (Å²) in [6.07, 6.45) is 9.11. The second-order valence-corrected chi connectivity index (χ2v) is 4.63. The van der Waals surface area contributed by atoms with Crippen molar-refractivity contribution in [3.63, 3.8) is 0 Å². The van der Waals surface area contributed by atoms with Crippen LogP contribution in [0.3, 0.4) is 0 Å². The van der Waals surface area contributed by atoms with Gasteiger partial charge in [0.15, 0.2) is 0 Å². The van der Waals surface area contributed by atoms with Gasteiger partial charge in [-0.05, 0) is 24.8 Å². The summed E-state index contributed by atoms with van der Waals surface area (Å²) >= 11 is 0. The van der Waals surface area contributed by atoms with Crippen LogP contribution in [-0.2, 0) is 16.1 Å². The molecule has 110 valence electrons. The molecular weight excluding hydrogens is 252 g/mol. The molecule has 1 aromatic carbocycles. The van der Waals surface area contributed by atoms with Crippen molar-refractivity contribution in [2.45, 2.75) is 45.6 Å². The number of hydrogen-bond acceptors (Lipinski definition) is 3. The highest BCUT2D eigenvalue weighted by Gasteiger charge is 2.03. The summed E-state index contributed by atoms with van der Waals surface area (Å²) in [7, 11) is 0. The molecule has 0 saturated heterocycles. The van der Waals surface area contributed by atoms with Gasteiger partial charge in [-0.3, -0.25) is 0 Å². The molecule has 1 rings (SSSR count). The number of hydrogen-bond donors (Lipinski definition) is 0. The molecule has 0 saturated carbocycles. The third-order valence-electron chi connectivity index (χ3n) is 2.83. The number of carbonyl (C=O) groups is 1. The molecule has 0 aromatic heterocycles. The highest BCUT2D eigenvalue weighted by molar-refractivity contribution is 5.59. The van der Waals surface area contributed by atoms with Crippen LogP contribution in [0.1, 0.15) is 44.6 Å². The van der Waals surface area contributed by atoms with Crippen molar-refractivity contribution < 1.29 is 14.3 Å². The normalized spacial score (nSPS) is 10.7. The fourth-order valence-corrected chi connectivity index (χ4v) is 1.67. The van der Waals surface area contributed by atoms with Crippen LogP contribution in [0.4, 0.5) is 4.79 Å². The van der Waals surface area contributed by atoms with Crippen LogP contribution in [-0.4, -0.2) is 12.8 Å². The van der Waals surface area contributed by atoms with E-state index in [1.807, 2.05) is 30.3 Å². The molecule has 0 atom stereocenters. The van der Waals surface area contributed by atoms with E-state index in [0.29, 0.717) is 6.61 Å². The average molecular weight is 276 g/mol. The van der Waals surface area contributed by atoms with Crippen molar-refractivity contribution >= 4 is 6.16 Å². The molecule has 0 fully saturated rings. The van der Waals surface area contributed by atoms with Gasteiger partial charge in [0.2, 0.25) is 0 Å². The lowest BCUT2D eigenvalue weighted by Crippen LogP contribution is -2.08. The molecule has 0 amide bonds. The molecule has 0 aliphatic carbocycles. The molecule has 0 bridgehead atoms. The van der Waals surface area contributed by atoms with Crippen LogP contribution in [0, 0.1) is 0 Å². The third-order valence-corrected chi connectivity index (χ3v) is 2.83. The second-order valence-electron chi connectivity index (χ2n) is 4.63. The van der Waals surface area contributed by atoms with Crippen LogP contribution in [0.5, 0.6) is 0 Å². The van der Waals surface area contributed by atoms with Crippen molar-refractivity contribution in [2.24, 2.45) is 0 Å². The maximum atomic E-state index is 11.3. The van der Waals surface area contributed by atoms with Crippen LogP contribution in [0.25, 0.3) is 0 Å². The summed E-state index contributed by atoms with van der Waals surface area (Å²) in [5.74, 6) is 0. The SMILES string of the molecule is CCCC/C=C\CCCOC(=O)OCc1ccccc1. The summed E-state index contributed by atoms with van der Waals surface area (Å²) in [5.41, 5.74) is 0.961. The Kier molecular flexibility index (Phi) is 9.03. The lowest BCUT2D eigenvalue weighted by molar-refractivity contribution is 0.0494. The molecule has 0 aliphatic rings.